The highest BCUT2D eigenvalue weighted by molar-refractivity contribution is 5.94. The number of aliphatic hydroxyl groups is 1. The van der Waals surface area contributed by atoms with Gasteiger partial charge in [0.25, 0.3) is 0 Å². The van der Waals surface area contributed by atoms with Crippen molar-refractivity contribution in [2.75, 3.05) is 26.8 Å². The van der Waals surface area contributed by atoms with Crippen LogP contribution >= 0.6 is 0 Å². The van der Waals surface area contributed by atoms with Crippen LogP contribution in [0.25, 0.3) is 0 Å². The minimum Gasteiger partial charge on any atom is -0.504 e. The Morgan fingerprint density at radius 3 is 2.79 bits per heavy atom. The van der Waals surface area contributed by atoms with Gasteiger partial charge in [0.2, 0.25) is 5.91 Å². The molecule has 8 heteroatoms. The molecule has 0 radical (unpaired) electrons. The third kappa shape index (κ3) is 3.86. The van der Waals surface area contributed by atoms with Crippen LogP contribution < -0.4 is 10.1 Å². The highest BCUT2D eigenvalue weighted by Crippen LogP contribution is 2.58. The summed E-state index contributed by atoms with van der Waals surface area (Å²) >= 11 is 0. The summed E-state index contributed by atoms with van der Waals surface area (Å²) in [5.41, 5.74) is 0.445. The van der Waals surface area contributed by atoms with E-state index in [-0.39, 0.29) is 18.4 Å². The van der Waals surface area contributed by atoms with Crippen LogP contribution in [-0.2, 0) is 26.2 Å². The zero-order valence-corrected chi connectivity index (χ0v) is 19.9. The number of phenols is 1. The van der Waals surface area contributed by atoms with Gasteiger partial charge in [-0.2, -0.15) is 0 Å². The summed E-state index contributed by atoms with van der Waals surface area (Å²) in [5, 5.41) is 26.1. The highest BCUT2D eigenvalue weighted by atomic mass is 16.5. The normalized spacial score (nSPS) is 32.8. The Labute approximate surface area is 199 Å². The lowest BCUT2D eigenvalue weighted by Crippen LogP contribution is -2.70. The summed E-state index contributed by atoms with van der Waals surface area (Å²) in [6, 6.07) is 3.23. The molecule has 1 saturated heterocycles. The minimum atomic E-state index is -1.02. The van der Waals surface area contributed by atoms with Gasteiger partial charge in [-0.1, -0.05) is 13.0 Å². The average Bonchev–Trinajstić information content (AvgIpc) is 3.62. The van der Waals surface area contributed by atoms with Gasteiger partial charge in [0.1, 0.15) is 6.61 Å². The molecule has 34 heavy (non-hydrogen) atoms. The molecule has 5 rings (SSSR count). The maximum absolute atomic E-state index is 12.4. The van der Waals surface area contributed by atoms with E-state index in [9.17, 15) is 19.8 Å². The molecule has 1 aromatic carbocycles. The topological polar surface area (TPSA) is 108 Å². The predicted octanol–water partition coefficient (Wildman–Crippen LogP) is 1.81. The minimum absolute atomic E-state index is 0.0228. The fraction of sp³-hybridized carbons (Fsp3) is 0.615. The number of hydrogen-bond acceptors (Lipinski definition) is 7. The van der Waals surface area contributed by atoms with Gasteiger partial charge < -0.3 is 25.0 Å². The third-order valence-electron chi connectivity index (χ3n) is 8.45. The van der Waals surface area contributed by atoms with Crippen molar-refractivity contribution in [3.63, 3.8) is 0 Å². The lowest BCUT2D eigenvalue weighted by Gasteiger charge is -2.61. The molecule has 0 unspecified atom stereocenters. The van der Waals surface area contributed by atoms with E-state index in [0.717, 1.165) is 48.7 Å². The van der Waals surface area contributed by atoms with Crippen LogP contribution in [0.3, 0.4) is 0 Å². The molecule has 4 bridgehead atoms. The third-order valence-corrected chi connectivity index (χ3v) is 8.45. The fourth-order valence-electron chi connectivity index (χ4n) is 6.32. The lowest BCUT2D eigenvalue weighted by atomic mass is 9.54. The second-order valence-corrected chi connectivity index (χ2v) is 10.5. The van der Waals surface area contributed by atoms with Crippen LogP contribution in [0.15, 0.2) is 24.3 Å². The molecule has 2 aliphatic heterocycles. The summed E-state index contributed by atoms with van der Waals surface area (Å²) in [6.45, 7) is 4.19. The van der Waals surface area contributed by atoms with Crippen molar-refractivity contribution in [1.82, 2.24) is 10.2 Å². The maximum atomic E-state index is 12.4. The van der Waals surface area contributed by atoms with Crippen molar-refractivity contribution in [3.05, 3.63) is 35.4 Å². The van der Waals surface area contributed by atoms with Gasteiger partial charge in [-0.25, -0.2) is 4.79 Å². The van der Waals surface area contributed by atoms with Gasteiger partial charge in [0, 0.05) is 35.7 Å². The Bertz CT molecular complexity index is 1020. The Kier molecular flexibility index (Phi) is 5.84. The van der Waals surface area contributed by atoms with E-state index in [4.69, 9.17) is 4.74 Å². The Hall–Kier alpha value is -2.58. The van der Waals surface area contributed by atoms with Crippen LogP contribution in [0.2, 0.25) is 0 Å². The van der Waals surface area contributed by atoms with Gasteiger partial charge >= 0.3 is 5.97 Å². The summed E-state index contributed by atoms with van der Waals surface area (Å²) in [7, 11) is 1.25. The second kappa shape index (κ2) is 8.57. The number of benzene rings is 1. The summed E-state index contributed by atoms with van der Waals surface area (Å²) in [5.74, 6) is 0.149. The number of methoxy groups -OCH3 is 1. The molecule has 4 aliphatic rings. The van der Waals surface area contributed by atoms with E-state index in [1.807, 2.05) is 6.07 Å². The van der Waals surface area contributed by atoms with E-state index in [0.29, 0.717) is 25.0 Å². The first-order valence-corrected chi connectivity index (χ1v) is 12.3. The van der Waals surface area contributed by atoms with Crippen molar-refractivity contribution >= 4 is 11.9 Å². The van der Waals surface area contributed by atoms with Crippen LogP contribution in [-0.4, -0.2) is 71.5 Å². The van der Waals surface area contributed by atoms with E-state index in [1.165, 1.54) is 20.0 Å². The number of esters is 1. The van der Waals surface area contributed by atoms with Gasteiger partial charge in [-0.05, 0) is 62.6 Å². The number of carbonyl (C=O) groups excluding carboxylic acids is 2. The molecule has 184 valence electrons. The molecule has 1 amide bonds. The van der Waals surface area contributed by atoms with Gasteiger partial charge in [0.15, 0.2) is 11.5 Å². The molecule has 8 nitrogen and oxygen atoms in total. The molecule has 2 fully saturated rings. The first-order chi connectivity index (χ1) is 16.2. The number of likely N-dealkylation sites (tertiary alicyclic amines) is 1. The molecule has 3 N–H and O–H groups in total. The van der Waals surface area contributed by atoms with Crippen LogP contribution in [0.1, 0.15) is 50.2 Å². The predicted molar refractivity (Wildman–Crippen MR) is 125 cm³/mol. The van der Waals surface area contributed by atoms with Crippen molar-refractivity contribution in [2.45, 2.75) is 68.5 Å². The number of nitrogens with one attached hydrogen (secondary N) is 1. The number of hydrogen-bond donors (Lipinski definition) is 3. The van der Waals surface area contributed by atoms with Crippen molar-refractivity contribution in [3.8, 4) is 11.5 Å². The molecule has 1 aromatic rings. The number of carbonyl (C=O) groups is 2. The Balaban J connectivity index is 1.49. The van der Waals surface area contributed by atoms with E-state index in [2.05, 4.69) is 21.9 Å². The van der Waals surface area contributed by atoms with Gasteiger partial charge in [0.05, 0.1) is 18.8 Å². The van der Waals surface area contributed by atoms with Crippen LogP contribution in [0.4, 0.5) is 0 Å². The fourth-order valence-corrected chi connectivity index (χ4v) is 6.32. The number of nitrogens with zero attached hydrogens (tertiary/aromatic N) is 1. The highest BCUT2D eigenvalue weighted by Gasteiger charge is 2.62. The molecule has 2 heterocycles. The van der Waals surface area contributed by atoms with Crippen molar-refractivity contribution in [2.24, 2.45) is 5.92 Å². The average molecular weight is 471 g/mol. The number of amides is 1. The molecular formula is C26H34N2O6. The standard InChI is InChI=1S/C26H34N2O6/c1-25-11-12-28(14-16-3-4-16)20-13-17-5-6-19(29)24(23(17)25)34-15-18(9-10-26(20,25)32)27-21(30)7-8-22(31)33-2/h5-8,16,18,20,29,32H,3-4,9-15H2,1-2H3,(H,27,30)/b8-7+/t18-,20-,25+,26-/m1/s1. The zero-order valence-electron chi connectivity index (χ0n) is 19.9. The quantitative estimate of drug-likeness (QED) is 0.445. The van der Waals surface area contributed by atoms with Crippen LogP contribution in [0.5, 0.6) is 11.5 Å². The molecule has 0 aromatic heterocycles. The van der Waals surface area contributed by atoms with E-state index < -0.39 is 28.9 Å². The largest absolute Gasteiger partial charge is 0.504 e. The lowest BCUT2D eigenvalue weighted by molar-refractivity contribution is -0.147. The summed E-state index contributed by atoms with van der Waals surface area (Å²) < 4.78 is 10.7. The van der Waals surface area contributed by atoms with E-state index in [1.54, 1.807) is 6.07 Å². The number of ether oxygens (including phenoxy) is 2. The van der Waals surface area contributed by atoms with Gasteiger partial charge in [-0.15, -0.1) is 0 Å². The molecule has 2 aliphatic carbocycles. The molecule has 1 saturated carbocycles. The first-order valence-electron chi connectivity index (χ1n) is 12.3. The first kappa shape index (κ1) is 23.2. The maximum Gasteiger partial charge on any atom is 0.330 e. The van der Waals surface area contributed by atoms with Crippen molar-refractivity contribution < 1.29 is 29.3 Å². The molecule has 0 spiro atoms. The SMILES string of the molecule is COC(=O)/C=C/C(=O)N[C@@H]1CC[C@@]2(O)[C@H]3Cc4ccc(O)c(c4[C@]2(C)CCN3CC2CC2)OC1. The number of rotatable bonds is 5. The van der Waals surface area contributed by atoms with E-state index >= 15 is 0 Å². The number of piperidine rings is 1. The van der Waals surface area contributed by atoms with Gasteiger partial charge in [-0.3, -0.25) is 9.69 Å². The molecule has 4 atom stereocenters. The summed E-state index contributed by atoms with van der Waals surface area (Å²) in [6.07, 6.45) is 7.23. The van der Waals surface area contributed by atoms with Crippen LogP contribution in [0, 0.1) is 5.92 Å². The smallest absolute Gasteiger partial charge is 0.330 e. The molecular weight excluding hydrogens is 436 g/mol. The monoisotopic (exact) mass is 470 g/mol. The summed E-state index contributed by atoms with van der Waals surface area (Å²) in [4.78, 5) is 26.2. The van der Waals surface area contributed by atoms with Crippen molar-refractivity contribution in [1.29, 1.82) is 0 Å². The zero-order chi connectivity index (χ0) is 24.1. The number of aromatic hydroxyl groups is 1. The Morgan fingerprint density at radius 1 is 1.26 bits per heavy atom. The number of phenolic OH excluding ortho intramolecular Hbond substituents is 1. The Morgan fingerprint density at radius 2 is 2.06 bits per heavy atom. The second-order valence-electron chi connectivity index (χ2n) is 10.5.